The molecule has 0 saturated carbocycles. The van der Waals surface area contributed by atoms with Gasteiger partial charge in [0.25, 0.3) is 0 Å². The number of hydrogen-bond acceptors (Lipinski definition) is 3. The van der Waals surface area contributed by atoms with Crippen LogP contribution in [0.3, 0.4) is 0 Å². The van der Waals surface area contributed by atoms with Crippen molar-refractivity contribution in [3.8, 4) is 0 Å². The van der Waals surface area contributed by atoms with E-state index >= 15 is 0 Å². The van der Waals surface area contributed by atoms with E-state index in [1.54, 1.807) is 13.0 Å². The molecule has 1 aromatic rings. The third kappa shape index (κ3) is 2.27. The summed E-state index contributed by atoms with van der Waals surface area (Å²) in [4.78, 5) is 4.13. The minimum atomic E-state index is -0.577. The third-order valence-electron chi connectivity index (χ3n) is 1.60. The standard InChI is InChI=1S/C8H11BrN2O/c1-5(12)8(10)6-3-2-4-7(9)11-6/h2-5,8,12H,10H2,1H3. The Kier molecular flexibility index (Phi) is 3.20. The highest BCUT2D eigenvalue weighted by molar-refractivity contribution is 9.10. The zero-order valence-electron chi connectivity index (χ0n) is 6.74. The lowest BCUT2D eigenvalue weighted by Gasteiger charge is -2.13. The lowest BCUT2D eigenvalue weighted by molar-refractivity contribution is 0.162. The SMILES string of the molecule is CC(O)C(N)c1cccc(Br)n1. The molecule has 66 valence electrons. The average molecular weight is 231 g/mol. The van der Waals surface area contributed by atoms with Crippen molar-refractivity contribution in [2.75, 3.05) is 0 Å². The van der Waals surface area contributed by atoms with Gasteiger partial charge in [-0.25, -0.2) is 4.98 Å². The second kappa shape index (κ2) is 3.98. The highest BCUT2D eigenvalue weighted by Crippen LogP contribution is 2.14. The van der Waals surface area contributed by atoms with E-state index in [1.165, 1.54) is 0 Å². The molecule has 1 rings (SSSR count). The van der Waals surface area contributed by atoms with E-state index in [0.717, 1.165) is 4.60 Å². The molecule has 0 amide bonds. The minimum Gasteiger partial charge on any atom is -0.391 e. The predicted molar refractivity (Wildman–Crippen MR) is 50.5 cm³/mol. The normalized spacial score (nSPS) is 15.7. The Balaban J connectivity index is 2.88. The van der Waals surface area contributed by atoms with Crippen molar-refractivity contribution in [3.05, 3.63) is 28.5 Å². The van der Waals surface area contributed by atoms with Gasteiger partial charge in [0.05, 0.1) is 17.8 Å². The number of aliphatic hydroxyl groups is 1. The number of aliphatic hydroxyl groups excluding tert-OH is 1. The molecule has 0 bridgehead atoms. The van der Waals surface area contributed by atoms with E-state index in [-0.39, 0.29) is 0 Å². The Labute approximate surface area is 79.7 Å². The fourth-order valence-corrected chi connectivity index (χ4v) is 1.21. The van der Waals surface area contributed by atoms with Gasteiger partial charge in [-0.3, -0.25) is 0 Å². The van der Waals surface area contributed by atoms with E-state index in [1.807, 2.05) is 12.1 Å². The zero-order chi connectivity index (χ0) is 9.14. The summed E-state index contributed by atoms with van der Waals surface area (Å²) in [6.45, 7) is 1.65. The number of rotatable bonds is 2. The van der Waals surface area contributed by atoms with Crippen molar-refractivity contribution in [1.29, 1.82) is 0 Å². The Bertz CT molecular complexity index is 265. The maximum Gasteiger partial charge on any atom is 0.106 e. The van der Waals surface area contributed by atoms with Crippen LogP contribution in [0.25, 0.3) is 0 Å². The number of aromatic nitrogens is 1. The van der Waals surface area contributed by atoms with Gasteiger partial charge in [-0.1, -0.05) is 6.07 Å². The van der Waals surface area contributed by atoms with Crippen molar-refractivity contribution in [2.24, 2.45) is 5.73 Å². The topological polar surface area (TPSA) is 59.1 Å². The van der Waals surface area contributed by atoms with Gasteiger partial charge >= 0.3 is 0 Å². The van der Waals surface area contributed by atoms with Crippen LogP contribution >= 0.6 is 15.9 Å². The van der Waals surface area contributed by atoms with Gasteiger partial charge < -0.3 is 10.8 Å². The van der Waals surface area contributed by atoms with Gasteiger partial charge in [-0.15, -0.1) is 0 Å². The third-order valence-corrected chi connectivity index (χ3v) is 2.04. The molecule has 0 aliphatic heterocycles. The van der Waals surface area contributed by atoms with Crippen molar-refractivity contribution in [2.45, 2.75) is 19.1 Å². The van der Waals surface area contributed by atoms with Crippen molar-refractivity contribution in [1.82, 2.24) is 4.98 Å². The van der Waals surface area contributed by atoms with Gasteiger partial charge in [0, 0.05) is 0 Å². The molecule has 3 nitrogen and oxygen atoms in total. The lowest BCUT2D eigenvalue weighted by Crippen LogP contribution is -2.24. The smallest absolute Gasteiger partial charge is 0.106 e. The molecule has 0 aliphatic carbocycles. The molecule has 1 heterocycles. The van der Waals surface area contributed by atoms with Crippen LogP contribution in [0.1, 0.15) is 18.7 Å². The molecule has 0 aromatic carbocycles. The molecule has 4 heteroatoms. The Morgan fingerprint density at radius 2 is 2.25 bits per heavy atom. The van der Waals surface area contributed by atoms with Crippen LogP contribution in [0.5, 0.6) is 0 Å². The summed E-state index contributed by atoms with van der Waals surface area (Å²) in [5.74, 6) is 0. The number of nitrogens with zero attached hydrogens (tertiary/aromatic N) is 1. The quantitative estimate of drug-likeness (QED) is 0.752. The molecule has 0 saturated heterocycles. The monoisotopic (exact) mass is 230 g/mol. The summed E-state index contributed by atoms with van der Waals surface area (Å²) in [6, 6.07) is 5.04. The molecule has 2 unspecified atom stereocenters. The van der Waals surface area contributed by atoms with Gasteiger partial charge in [-0.2, -0.15) is 0 Å². The summed E-state index contributed by atoms with van der Waals surface area (Å²) in [5.41, 5.74) is 6.37. The average Bonchev–Trinajstić information content (AvgIpc) is 2.03. The fourth-order valence-electron chi connectivity index (χ4n) is 0.857. The van der Waals surface area contributed by atoms with E-state index in [0.29, 0.717) is 5.69 Å². The van der Waals surface area contributed by atoms with Crippen LogP contribution in [0.4, 0.5) is 0 Å². The minimum absolute atomic E-state index is 0.414. The van der Waals surface area contributed by atoms with Crippen LogP contribution in [-0.4, -0.2) is 16.2 Å². The number of nitrogens with two attached hydrogens (primary N) is 1. The van der Waals surface area contributed by atoms with Crippen LogP contribution < -0.4 is 5.73 Å². The van der Waals surface area contributed by atoms with E-state index < -0.39 is 12.1 Å². The van der Waals surface area contributed by atoms with Crippen LogP contribution in [-0.2, 0) is 0 Å². The molecule has 12 heavy (non-hydrogen) atoms. The van der Waals surface area contributed by atoms with Crippen LogP contribution in [0.15, 0.2) is 22.8 Å². The fraction of sp³-hybridized carbons (Fsp3) is 0.375. The van der Waals surface area contributed by atoms with Crippen LogP contribution in [0, 0.1) is 0 Å². The predicted octanol–water partition coefficient (Wildman–Crippen LogP) is 1.22. The first kappa shape index (κ1) is 9.64. The second-order valence-electron chi connectivity index (χ2n) is 2.65. The highest BCUT2D eigenvalue weighted by Gasteiger charge is 2.12. The van der Waals surface area contributed by atoms with Crippen molar-refractivity contribution < 1.29 is 5.11 Å². The molecule has 3 N–H and O–H groups in total. The second-order valence-corrected chi connectivity index (χ2v) is 3.46. The van der Waals surface area contributed by atoms with E-state index in [4.69, 9.17) is 5.73 Å². The maximum atomic E-state index is 9.18. The number of halogens is 1. The highest BCUT2D eigenvalue weighted by atomic mass is 79.9. The van der Waals surface area contributed by atoms with Gasteiger partial charge in [0.2, 0.25) is 0 Å². The van der Waals surface area contributed by atoms with Crippen molar-refractivity contribution >= 4 is 15.9 Å². The van der Waals surface area contributed by atoms with Gasteiger partial charge in [-0.05, 0) is 35.0 Å². The van der Waals surface area contributed by atoms with Gasteiger partial charge in [0.15, 0.2) is 0 Å². The number of hydrogen-bond donors (Lipinski definition) is 2. The Morgan fingerprint density at radius 1 is 1.58 bits per heavy atom. The first-order valence-electron chi connectivity index (χ1n) is 3.67. The molecule has 0 radical (unpaired) electrons. The van der Waals surface area contributed by atoms with E-state index in [2.05, 4.69) is 20.9 Å². The lowest BCUT2D eigenvalue weighted by atomic mass is 10.1. The largest absolute Gasteiger partial charge is 0.391 e. The van der Waals surface area contributed by atoms with Crippen molar-refractivity contribution in [3.63, 3.8) is 0 Å². The first-order valence-corrected chi connectivity index (χ1v) is 4.46. The molecule has 2 atom stereocenters. The molecular formula is C8H11BrN2O. The Morgan fingerprint density at radius 3 is 2.75 bits per heavy atom. The number of pyridine rings is 1. The summed E-state index contributed by atoms with van der Waals surface area (Å²) in [7, 11) is 0. The molecule has 0 aliphatic rings. The molecule has 0 fully saturated rings. The summed E-state index contributed by atoms with van der Waals surface area (Å²) in [6.07, 6.45) is -0.577. The molecule has 1 aromatic heterocycles. The summed E-state index contributed by atoms with van der Waals surface area (Å²) in [5, 5.41) is 9.18. The summed E-state index contributed by atoms with van der Waals surface area (Å²) < 4.78 is 0.733. The maximum absolute atomic E-state index is 9.18. The molecular weight excluding hydrogens is 220 g/mol. The molecule has 0 spiro atoms. The van der Waals surface area contributed by atoms with E-state index in [9.17, 15) is 5.11 Å². The zero-order valence-corrected chi connectivity index (χ0v) is 8.32. The first-order chi connectivity index (χ1) is 5.61. The Hall–Kier alpha value is -0.450. The van der Waals surface area contributed by atoms with Crippen LogP contribution in [0.2, 0.25) is 0 Å². The van der Waals surface area contributed by atoms with Gasteiger partial charge in [0.1, 0.15) is 4.60 Å². The summed E-state index contributed by atoms with van der Waals surface area (Å²) >= 11 is 3.23.